The van der Waals surface area contributed by atoms with Crippen molar-refractivity contribution in [2.75, 3.05) is 5.75 Å². The minimum Gasteiger partial charge on any atom is -0.481 e. The van der Waals surface area contributed by atoms with Gasteiger partial charge in [-0.05, 0) is 12.5 Å². The lowest BCUT2D eigenvalue weighted by molar-refractivity contribution is -0.133. The molecular formula is C12H13N3O3S. The first-order valence-corrected chi connectivity index (χ1v) is 6.60. The summed E-state index contributed by atoms with van der Waals surface area (Å²) in [6.07, 6.45) is 0. The average Bonchev–Trinajstić information content (AvgIpc) is 2.71. The van der Waals surface area contributed by atoms with Crippen LogP contribution < -0.4 is 5.69 Å². The third-order valence-corrected chi connectivity index (χ3v) is 3.47. The third-order valence-electron chi connectivity index (χ3n) is 2.51. The minimum atomic E-state index is -0.942. The Hall–Kier alpha value is -2.02. The number of rotatable bonds is 5. The van der Waals surface area contributed by atoms with E-state index < -0.39 is 5.97 Å². The summed E-state index contributed by atoms with van der Waals surface area (Å²) in [4.78, 5) is 22.2. The zero-order valence-electron chi connectivity index (χ0n) is 10.3. The Balaban J connectivity index is 2.19. The van der Waals surface area contributed by atoms with Gasteiger partial charge in [0.1, 0.15) is 0 Å². The van der Waals surface area contributed by atoms with Gasteiger partial charge in [0.05, 0.1) is 12.3 Å². The molecule has 0 bridgehead atoms. The number of carboxylic acids is 1. The van der Waals surface area contributed by atoms with Crippen molar-refractivity contribution in [3.63, 3.8) is 0 Å². The highest BCUT2D eigenvalue weighted by Crippen LogP contribution is 2.14. The van der Waals surface area contributed by atoms with Gasteiger partial charge in [-0.2, -0.15) is 0 Å². The Morgan fingerprint density at radius 3 is 2.74 bits per heavy atom. The van der Waals surface area contributed by atoms with E-state index in [2.05, 4.69) is 10.2 Å². The number of H-pyrrole nitrogens is 1. The Morgan fingerprint density at radius 2 is 2.11 bits per heavy atom. The highest BCUT2D eigenvalue weighted by Gasteiger charge is 2.11. The van der Waals surface area contributed by atoms with Crippen LogP contribution in [0.2, 0.25) is 0 Å². The molecule has 0 fully saturated rings. The minimum absolute atomic E-state index is 0.127. The van der Waals surface area contributed by atoms with E-state index in [1.165, 1.54) is 4.57 Å². The maximum Gasteiger partial charge on any atom is 0.344 e. The molecule has 2 aromatic rings. The molecule has 1 aromatic carbocycles. The van der Waals surface area contributed by atoms with Crippen LogP contribution in [0.1, 0.15) is 11.1 Å². The van der Waals surface area contributed by atoms with E-state index in [4.69, 9.17) is 5.11 Å². The van der Waals surface area contributed by atoms with Crippen molar-refractivity contribution < 1.29 is 9.90 Å². The van der Waals surface area contributed by atoms with Gasteiger partial charge in [0.2, 0.25) is 0 Å². The van der Waals surface area contributed by atoms with Crippen LogP contribution in [-0.2, 0) is 11.3 Å². The Labute approximate surface area is 113 Å². The van der Waals surface area contributed by atoms with Crippen LogP contribution in [0, 0.1) is 6.92 Å². The molecule has 0 radical (unpaired) electrons. The summed E-state index contributed by atoms with van der Waals surface area (Å²) < 4.78 is 1.43. The Bertz CT molecular complexity index is 630. The van der Waals surface area contributed by atoms with Crippen molar-refractivity contribution in [3.8, 4) is 0 Å². The zero-order valence-corrected chi connectivity index (χ0v) is 11.1. The summed E-state index contributed by atoms with van der Waals surface area (Å²) in [6.45, 7) is 2.36. The van der Waals surface area contributed by atoms with Gasteiger partial charge in [0.25, 0.3) is 0 Å². The van der Waals surface area contributed by atoms with E-state index in [1.807, 2.05) is 31.2 Å². The van der Waals surface area contributed by atoms with Crippen molar-refractivity contribution >= 4 is 17.7 Å². The van der Waals surface area contributed by atoms with Crippen molar-refractivity contribution in [3.05, 3.63) is 45.9 Å². The number of aromatic nitrogens is 3. The van der Waals surface area contributed by atoms with E-state index in [9.17, 15) is 9.59 Å². The molecule has 0 aliphatic heterocycles. The first-order valence-electron chi connectivity index (χ1n) is 5.61. The molecule has 2 N–H and O–H groups in total. The molecular weight excluding hydrogens is 266 g/mol. The van der Waals surface area contributed by atoms with E-state index in [1.54, 1.807) is 0 Å². The summed E-state index contributed by atoms with van der Waals surface area (Å²) >= 11 is 1.02. The molecule has 0 aliphatic carbocycles. The van der Waals surface area contributed by atoms with E-state index in [0.717, 1.165) is 22.9 Å². The predicted molar refractivity (Wildman–Crippen MR) is 71.5 cm³/mol. The Morgan fingerprint density at radius 1 is 1.42 bits per heavy atom. The summed E-state index contributed by atoms with van der Waals surface area (Å²) in [5.41, 5.74) is 1.77. The average molecular weight is 279 g/mol. The van der Waals surface area contributed by atoms with Crippen LogP contribution in [0.25, 0.3) is 0 Å². The van der Waals surface area contributed by atoms with Crippen LogP contribution in [0.4, 0.5) is 0 Å². The number of nitrogens with zero attached hydrogens (tertiary/aromatic N) is 2. The van der Waals surface area contributed by atoms with Gasteiger partial charge in [-0.3, -0.25) is 9.36 Å². The topological polar surface area (TPSA) is 88.0 Å². The zero-order chi connectivity index (χ0) is 13.8. The van der Waals surface area contributed by atoms with Crippen LogP contribution in [-0.4, -0.2) is 31.6 Å². The second-order valence-electron chi connectivity index (χ2n) is 4.07. The fourth-order valence-corrected chi connectivity index (χ4v) is 2.22. The van der Waals surface area contributed by atoms with E-state index >= 15 is 0 Å². The number of nitrogens with one attached hydrogen (secondary N) is 1. The Kier molecular flexibility index (Phi) is 4.06. The van der Waals surface area contributed by atoms with Gasteiger partial charge < -0.3 is 5.11 Å². The summed E-state index contributed by atoms with van der Waals surface area (Å²) in [7, 11) is 0. The maximum atomic E-state index is 11.6. The number of aryl methyl sites for hydroxylation is 1. The smallest absolute Gasteiger partial charge is 0.344 e. The highest BCUT2D eigenvalue weighted by atomic mass is 32.2. The normalized spacial score (nSPS) is 10.6. The highest BCUT2D eigenvalue weighted by molar-refractivity contribution is 7.99. The van der Waals surface area contributed by atoms with Crippen LogP contribution in [0.3, 0.4) is 0 Å². The summed E-state index contributed by atoms with van der Waals surface area (Å²) in [5.74, 6) is -1.07. The number of carbonyl (C=O) groups is 1. The second-order valence-corrected chi connectivity index (χ2v) is 5.01. The van der Waals surface area contributed by atoms with Gasteiger partial charge in [0.15, 0.2) is 5.16 Å². The quantitative estimate of drug-likeness (QED) is 0.800. The van der Waals surface area contributed by atoms with Crippen molar-refractivity contribution in [1.82, 2.24) is 14.8 Å². The SMILES string of the molecule is Cc1ccc(Cn2c(SCC(=O)O)n[nH]c2=O)cc1. The van der Waals surface area contributed by atoms with Gasteiger partial charge >= 0.3 is 11.7 Å². The van der Waals surface area contributed by atoms with Gasteiger partial charge in [0, 0.05) is 0 Å². The number of carboxylic acid groups (broad SMARTS) is 1. The van der Waals surface area contributed by atoms with E-state index in [0.29, 0.717) is 11.7 Å². The van der Waals surface area contributed by atoms with Gasteiger partial charge in [-0.1, -0.05) is 41.6 Å². The van der Waals surface area contributed by atoms with Crippen LogP contribution >= 0.6 is 11.8 Å². The molecule has 0 saturated heterocycles. The fraction of sp³-hybridized carbons (Fsp3) is 0.250. The van der Waals surface area contributed by atoms with Crippen molar-refractivity contribution in [2.45, 2.75) is 18.6 Å². The van der Waals surface area contributed by atoms with Gasteiger partial charge in [-0.15, -0.1) is 5.10 Å². The molecule has 7 heteroatoms. The summed E-state index contributed by atoms with van der Waals surface area (Å²) in [5, 5.41) is 15.2. The molecule has 2 rings (SSSR count). The molecule has 0 atom stereocenters. The summed E-state index contributed by atoms with van der Waals surface area (Å²) in [6, 6.07) is 7.79. The standard InChI is InChI=1S/C12H13N3O3S/c1-8-2-4-9(5-3-8)6-15-11(18)13-14-12(15)19-7-10(16)17/h2-5H,6-7H2,1H3,(H,13,18)(H,16,17). The van der Waals surface area contributed by atoms with Crippen LogP contribution in [0.5, 0.6) is 0 Å². The lowest BCUT2D eigenvalue weighted by Crippen LogP contribution is -2.18. The van der Waals surface area contributed by atoms with E-state index in [-0.39, 0.29) is 11.4 Å². The molecule has 0 spiro atoms. The largest absolute Gasteiger partial charge is 0.481 e. The third kappa shape index (κ3) is 3.47. The second kappa shape index (κ2) is 5.75. The number of aliphatic carboxylic acids is 1. The van der Waals surface area contributed by atoms with Crippen LogP contribution in [0.15, 0.2) is 34.2 Å². The molecule has 19 heavy (non-hydrogen) atoms. The fourth-order valence-electron chi connectivity index (χ4n) is 1.56. The first kappa shape index (κ1) is 13.4. The molecule has 1 aromatic heterocycles. The van der Waals surface area contributed by atoms with Gasteiger partial charge in [-0.25, -0.2) is 9.89 Å². The molecule has 0 aliphatic rings. The van der Waals surface area contributed by atoms with Crippen molar-refractivity contribution in [1.29, 1.82) is 0 Å². The van der Waals surface area contributed by atoms with Crippen molar-refractivity contribution in [2.24, 2.45) is 0 Å². The lowest BCUT2D eigenvalue weighted by Gasteiger charge is -2.05. The molecule has 100 valence electrons. The molecule has 6 nitrogen and oxygen atoms in total. The number of hydrogen-bond donors (Lipinski definition) is 2. The number of thioether (sulfide) groups is 1. The molecule has 1 heterocycles. The maximum absolute atomic E-state index is 11.6. The number of hydrogen-bond acceptors (Lipinski definition) is 4. The number of aromatic amines is 1. The number of benzene rings is 1. The predicted octanol–water partition coefficient (Wildman–Crippen LogP) is 1.10. The molecule has 0 amide bonds. The molecule has 0 saturated carbocycles. The molecule has 0 unspecified atom stereocenters. The first-order chi connectivity index (χ1) is 9.06. The lowest BCUT2D eigenvalue weighted by atomic mass is 10.1. The monoisotopic (exact) mass is 279 g/mol.